The third-order valence-corrected chi connectivity index (χ3v) is 7.58. The van der Waals surface area contributed by atoms with Crippen molar-refractivity contribution in [2.45, 2.75) is 45.4 Å². The summed E-state index contributed by atoms with van der Waals surface area (Å²) in [6.07, 6.45) is 1.01. The summed E-state index contributed by atoms with van der Waals surface area (Å²) >= 11 is 0. The van der Waals surface area contributed by atoms with Crippen molar-refractivity contribution in [2.24, 2.45) is 5.92 Å². The lowest BCUT2D eigenvalue weighted by Gasteiger charge is -2.30. The molecule has 1 aliphatic heterocycles. The van der Waals surface area contributed by atoms with Gasteiger partial charge < -0.3 is 10.1 Å². The predicted octanol–water partition coefficient (Wildman–Crippen LogP) is 4.05. The largest absolute Gasteiger partial charge is 0.494 e. The SMILES string of the molecule is CCOc1ccc(S(=O)(=O)N2CCC(C(=O)Nc3ccc(C)c(C)c3)CC2)cc1C. The molecule has 0 aliphatic carbocycles. The molecule has 0 bridgehead atoms. The second kappa shape index (κ2) is 9.18. The van der Waals surface area contributed by atoms with Crippen LogP contribution in [0.1, 0.15) is 36.5 Å². The van der Waals surface area contributed by atoms with Gasteiger partial charge in [0.05, 0.1) is 11.5 Å². The molecule has 2 aromatic rings. The Bertz CT molecular complexity index is 1030. The van der Waals surface area contributed by atoms with Crippen molar-refractivity contribution in [3.05, 3.63) is 53.1 Å². The first-order valence-corrected chi connectivity index (χ1v) is 11.8. The van der Waals surface area contributed by atoms with Crippen LogP contribution in [0.25, 0.3) is 0 Å². The summed E-state index contributed by atoms with van der Waals surface area (Å²) in [4.78, 5) is 12.9. The normalized spacial score (nSPS) is 15.7. The van der Waals surface area contributed by atoms with E-state index in [1.54, 1.807) is 18.2 Å². The van der Waals surface area contributed by atoms with Gasteiger partial charge in [-0.05, 0) is 87.6 Å². The summed E-state index contributed by atoms with van der Waals surface area (Å²) in [5.41, 5.74) is 3.87. The van der Waals surface area contributed by atoms with E-state index in [9.17, 15) is 13.2 Å². The average Bonchev–Trinajstić information content (AvgIpc) is 2.72. The number of amides is 1. The number of nitrogens with one attached hydrogen (secondary N) is 1. The Kier molecular flexibility index (Phi) is 6.83. The highest BCUT2D eigenvalue weighted by atomic mass is 32.2. The lowest BCUT2D eigenvalue weighted by atomic mass is 9.97. The number of carbonyl (C=O) groups excluding carboxylic acids is 1. The number of piperidine rings is 1. The molecule has 0 spiro atoms. The average molecular weight is 431 g/mol. The Morgan fingerprint density at radius 1 is 1.03 bits per heavy atom. The summed E-state index contributed by atoms with van der Waals surface area (Å²) in [6, 6.07) is 10.8. The van der Waals surface area contributed by atoms with Gasteiger partial charge in [0, 0.05) is 24.7 Å². The van der Waals surface area contributed by atoms with Crippen LogP contribution in [0.4, 0.5) is 5.69 Å². The van der Waals surface area contributed by atoms with Crippen LogP contribution in [0.2, 0.25) is 0 Å². The van der Waals surface area contributed by atoms with E-state index in [1.165, 1.54) is 9.87 Å². The third kappa shape index (κ3) is 4.84. The van der Waals surface area contributed by atoms with Crippen LogP contribution in [-0.2, 0) is 14.8 Å². The standard InChI is InChI=1S/C23H30N2O4S/c1-5-29-22-9-8-21(15-18(22)4)30(27,28)25-12-10-19(11-13-25)23(26)24-20-7-6-16(2)17(3)14-20/h6-9,14-15,19H,5,10-13H2,1-4H3,(H,24,26). The number of benzene rings is 2. The van der Waals surface area contributed by atoms with E-state index < -0.39 is 10.0 Å². The van der Waals surface area contributed by atoms with Gasteiger partial charge in [0.15, 0.2) is 0 Å². The first-order chi connectivity index (χ1) is 14.2. The molecule has 30 heavy (non-hydrogen) atoms. The fraction of sp³-hybridized carbons (Fsp3) is 0.435. The lowest BCUT2D eigenvalue weighted by Crippen LogP contribution is -2.41. The maximum absolute atomic E-state index is 13.0. The molecule has 0 radical (unpaired) electrons. The first kappa shape index (κ1) is 22.3. The second-order valence-corrected chi connectivity index (χ2v) is 9.76. The monoisotopic (exact) mass is 430 g/mol. The number of aryl methyl sites for hydroxylation is 3. The highest BCUT2D eigenvalue weighted by Gasteiger charge is 2.32. The van der Waals surface area contributed by atoms with Gasteiger partial charge in [0.1, 0.15) is 5.75 Å². The molecule has 7 heteroatoms. The molecular formula is C23H30N2O4S. The van der Waals surface area contributed by atoms with Crippen LogP contribution in [0, 0.1) is 26.7 Å². The molecule has 0 atom stereocenters. The van der Waals surface area contributed by atoms with E-state index >= 15 is 0 Å². The number of hydrogen-bond acceptors (Lipinski definition) is 4. The number of rotatable bonds is 6. The molecule has 1 saturated heterocycles. The van der Waals surface area contributed by atoms with E-state index in [1.807, 2.05) is 45.9 Å². The summed E-state index contributed by atoms with van der Waals surface area (Å²) in [6.45, 7) is 8.97. The van der Waals surface area contributed by atoms with E-state index in [0.29, 0.717) is 38.3 Å². The van der Waals surface area contributed by atoms with Crippen molar-refractivity contribution in [3.8, 4) is 5.75 Å². The summed E-state index contributed by atoms with van der Waals surface area (Å²) in [7, 11) is -3.59. The minimum atomic E-state index is -3.59. The van der Waals surface area contributed by atoms with E-state index in [-0.39, 0.29) is 16.7 Å². The Hall–Kier alpha value is -2.38. The zero-order chi connectivity index (χ0) is 21.9. The van der Waals surface area contributed by atoms with Crippen molar-refractivity contribution in [2.75, 3.05) is 25.0 Å². The van der Waals surface area contributed by atoms with Crippen molar-refractivity contribution >= 4 is 21.6 Å². The topological polar surface area (TPSA) is 75.7 Å². The molecule has 6 nitrogen and oxygen atoms in total. The van der Waals surface area contributed by atoms with Crippen LogP contribution in [0.5, 0.6) is 5.75 Å². The smallest absolute Gasteiger partial charge is 0.243 e. The Balaban J connectivity index is 1.63. The molecule has 0 saturated carbocycles. The fourth-order valence-corrected chi connectivity index (χ4v) is 5.23. The van der Waals surface area contributed by atoms with Gasteiger partial charge in [-0.3, -0.25) is 4.79 Å². The van der Waals surface area contributed by atoms with Gasteiger partial charge in [0.2, 0.25) is 15.9 Å². The molecule has 162 valence electrons. The third-order valence-electron chi connectivity index (χ3n) is 5.68. The van der Waals surface area contributed by atoms with Crippen LogP contribution in [0.3, 0.4) is 0 Å². The Morgan fingerprint density at radius 3 is 2.33 bits per heavy atom. The van der Waals surface area contributed by atoms with Crippen molar-refractivity contribution < 1.29 is 17.9 Å². The fourth-order valence-electron chi connectivity index (χ4n) is 3.67. The van der Waals surface area contributed by atoms with Crippen LogP contribution >= 0.6 is 0 Å². The second-order valence-electron chi connectivity index (χ2n) is 7.83. The molecule has 1 heterocycles. The zero-order valence-corrected chi connectivity index (χ0v) is 18.9. The van der Waals surface area contributed by atoms with Gasteiger partial charge in [-0.2, -0.15) is 4.31 Å². The summed E-state index contributed by atoms with van der Waals surface area (Å²) in [5, 5.41) is 2.97. The Morgan fingerprint density at radius 2 is 1.73 bits per heavy atom. The highest BCUT2D eigenvalue weighted by Crippen LogP contribution is 2.28. The number of ether oxygens (including phenoxy) is 1. The van der Waals surface area contributed by atoms with Gasteiger partial charge in [0.25, 0.3) is 0 Å². The molecule has 0 unspecified atom stereocenters. The zero-order valence-electron chi connectivity index (χ0n) is 18.1. The minimum Gasteiger partial charge on any atom is -0.494 e. The molecule has 0 aromatic heterocycles. The lowest BCUT2D eigenvalue weighted by molar-refractivity contribution is -0.120. The first-order valence-electron chi connectivity index (χ1n) is 10.3. The number of hydrogen-bond donors (Lipinski definition) is 1. The molecule has 2 aromatic carbocycles. The Labute approximate surface area is 179 Å². The minimum absolute atomic E-state index is 0.0489. The van der Waals surface area contributed by atoms with Crippen LogP contribution in [-0.4, -0.2) is 38.3 Å². The van der Waals surface area contributed by atoms with Gasteiger partial charge >= 0.3 is 0 Å². The molecule has 1 aliphatic rings. The maximum atomic E-state index is 13.0. The number of sulfonamides is 1. The van der Waals surface area contributed by atoms with Crippen molar-refractivity contribution in [1.29, 1.82) is 0 Å². The van der Waals surface area contributed by atoms with Gasteiger partial charge in [-0.25, -0.2) is 8.42 Å². The predicted molar refractivity (Wildman–Crippen MR) is 118 cm³/mol. The molecule has 1 fully saturated rings. The van der Waals surface area contributed by atoms with Crippen molar-refractivity contribution in [1.82, 2.24) is 4.31 Å². The number of nitrogens with zero attached hydrogens (tertiary/aromatic N) is 1. The van der Waals surface area contributed by atoms with E-state index in [2.05, 4.69) is 5.32 Å². The van der Waals surface area contributed by atoms with E-state index in [4.69, 9.17) is 4.74 Å². The van der Waals surface area contributed by atoms with E-state index in [0.717, 1.165) is 16.8 Å². The molecule has 1 N–H and O–H groups in total. The van der Waals surface area contributed by atoms with Crippen molar-refractivity contribution in [3.63, 3.8) is 0 Å². The molecular weight excluding hydrogens is 400 g/mol. The van der Waals surface area contributed by atoms with Crippen LogP contribution in [0.15, 0.2) is 41.3 Å². The summed E-state index contributed by atoms with van der Waals surface area (Å²) < 4.78 is 33.0. The van der Waals surface area contributed by atoms with Gasteiger partial charge in [-0.15, -0.1) is 0 Å². The highest BCUT2D eigenvalue weighted by molar-refractivity contribution is 7.89. The summed E-state index contributed by atoms with van der Waals surface area (Å²) in [5.74, 6) is 0.450. The van der Waals surface area contributed by atoms with Crippen LogP contribution < -0.4 is 10.1 Å². The maximum Gasteiger partial charge on any atom is 0.243 e. The number of carbonyl (C=O) groups is 1. The van der Waals surface area contributed by atoms with Gasteiger partial charge in [-0.1, -0.05) is 6.07 Å². The molecule has 3 rings (SSSR count). The quantitative estimate of drug-likeness (QED) is 0.750. The molecule has 1 amide bonds. The number of anilines is 1.